The van der Waals surface area contributed by atoms with Gasteiger partial charge in [-0.3, -0.25) is 10.1 Å². The van der Waals surface area contributed by atoms with Crippen molar-refractivity contribution in [2.75, 3.05) is 18.0 Å². The molecule has 0 aliphatic carbocycles. The summed E-state index contributed by atoms with van der Waals surface area (Å²) in [6, 6.07) is 7.35. The van der Waals surface area contributed by atoms with Crippen molar-refractivity contribution < 1.29 is 4.92 Å². The van der Waals surface area contributed by atoms with Gasteiger partial charge >= 0.3 is 0 Å². The van der Waals surface area contributed by atoms with E-state index >= 15 is 0 Å². The maximum Gasteiger partial charge on any atom is 0.292 e. The van der Waals surface area contributed by atoms with Crippen molar-refractivity contribution in [3.8, 4) is 0 Å². The Morgan fingerprint density at radius 1 is 0.500 bits per heavy atom. The second-order valence-corrected chi connectivity index (χ2v) is 12.2. The Morgan fingerprint density at radius 3 is 1.12 bits per heavy atom. The molecule has 0 amide bonds. The van der Waals surface area contributed by atoms with Gasteiger partial charge in [0.2, 0.25) is 0 Å². The van der Waals surface area contributed by atoms with Gasteiger partial charge in [-0.15, -0.1) is 0 Å². The summed E-state index contributed by atoms with van der Waals surface area (Å²) in [6.07, 6.45) is 35.0. The number of nitro groups is 1. The zero-order valence-electron chi connectivity index (χ0n) is 26.8. The lowest BCUT2D eigenvalue weighted by molar-refractivity contribution is -0.384. The van der Waals surface area contributed by atoms with E-state index in [1.165, 1.54) is 154 Å². The minimum atomic E-state index is -0.212. The lowest BCUT2D eigenvalue weighted by Crippen LogP contribution is -2.26. The average molecular weight is 559 g/mol. The zero-order valence-corrected chi connectivity index (χ0v) is 26.8. The molecule has 0 saturated carbocycles. The molecule has 0 heterocycles. The highest BCUT2D eigenvalue weighted by Gasteiger charge is 2.18. The van der Waals surface area contributed by atoms with E-state index in [1.807, 2.05) is 12.1 Å². The van der Waals surface area contributed by atoms with E-state index in [0.717, 1.165) is 31.6 Å². The number of nitrogens with zero attached hydrogens (tertiary/aromatic N) is 2. The van der Waals surface area contributed by atoms with E-state index in [-0.39, 0.29) is 10.6 Å². The van der Waals surface area contributed by atoms with Crippen molar-refractivity contribution in [2.45, 2.75) is 181 Å². The minimum Gasteiger partial charge on any atom is -0.366 e. The molecule has 4 nitrogen and oxygen atoms in total. The van der Waals surface area contributed by atoms with Crippen LogP contribution >= 0.6 is 0 Å². The van der Waals surface area contributed by atoms with Gasteiger partial charge in [-0.1, -0.05) is 180 Å². The third-order valence-corrected chi connectivity index (χ3v) is 8.48. The summed E-state index contributed by atoms with van der Waals surface area (Å²) >= 11 is 0. The Kier molecular flexibility index (Phi) is 25.1. The van der Waals surface area contributed by atoms with Crippen LogP contribution in [-0.2, 0) is 0 Å². The monoisotopic (exact) mass is 559 g/mol. The average Bonchev–Trinajstić information content (AvgIpc) is 2.96. The van der Waals surface area contributed by atoms with Gasteiger partial charge in [0, 0.05) is 19.2 Å². The van der Waals surface area contributed by atoms with E-state index in [1.54, 1.807) is 12.1 Å². The van der Waals surface area contributed by atoms with E-state index in [4.69, 9.17) is 0 Å². The van der Waals surface area contributed by atoms with Crippen molar-refractivity contribution >= 4 is 11.4 Å². The van der Waals surface area contributed by atoms with Gasteiger partial charge in [0.15, 0.2) is 0 Å². The zero-order chi connectivity index (χ0) is 28.9. The maximum absolute atomic E-state index is 11.7. The number of hydrogen-bond acceptors (Lipinski definition) is 3. The Balaban J connectivity index is 2.22. The van der Waals surface area contributed by atoms with E-state index in [0.29, 0.717) is 0 Å². The molecule has 232 valence electrons. The van der Waals surface area contributed by atoms with Gasteiger partial charge in [-0.2, -0.15) is 0 Å². The lowest BCUT2D eigenvalue weighted by atomic mass is 10.0. The molecule has 0 aliphatic rings. The molecule has 0 atom stereocenters. The molecule has 0 saturated heterocycles. The minimum absolute atomic E-state index is 0.212. The molecule has 4 heteroatoms. The number of hydrogen-bond donors (Lipinski definition) is 0. The highest BCUT2D eigenvalue weighted by Crippen LogP contribution is 2.28. The summed E-state index contributed by atoms with van der Waals surface area (Å²) in [7, 11) is 0. The number of benzene rings is 1. The Morgan fingerprint density at radius 2 is 0.800 bits per heavy atom. The largest absolute Gasteiger partial charge is 0.366 e. The van der Waals surface area contributed by atoms with Crippen LogP contribution in [0.1, 0.15) is 181 Å². The first kappa shape index (κ1) is 36.4. The number of unbranched alkanes of at least 4 members (excludes halogenated alkanes) is 24. The van der Waals surface area contributed by atoms with Crippen LogP contribution in [0.15, 0.2) is 24.3 Å². The van der Waals surface area contributed by atoms with Gasteiger partial charge in [-0.05, 0) is 18.9 Å². The smallest absolute Gasteiger partial charge is 0.292 e. The third kappa shape index (κ3) is 20.3. The molecule has 0 aromatic heterocycles. The topological polar surface area (TPSA) is 46.4 Å². The SMILES string of the molecule is CCCCCCCCCCCCCCCN(CCCCCCCCCCCCCCC)c1ccccc1[N+](=O)[O-]. The summed E-state index contributed by atoms with van der Waals surface area (Å²) in [4.78, 5) is 13.8. The van der Waals surface area contributed by atoms with E-state index in [9.17, 15) is 10.1 Å². The van der Waals surface area contributed by atoms with Crippen LogP contribution in [0.2, 0.25) is 0 Å². The molecule has 40 heavy (non-hydrogen) atoms. The molecule has 0 unspecified atom stereocenters. The molecule has 0 bridgehead atoms. The molecule has 1 aromatic rings. The molecule has 1 aromatic carbocycles. The predicted molar refractivity (Wildman–Crippen MR) is 177 cm³/mol. The Labute approximate surface area is 249 Å². The second-order valence-electron chi connectivity index (χ2n) is 12.2. The van der Waals surface area contributed by atoms with Gasteiger partial charge in [0.1, 0.15) is 5.69 Å². The fourth-order valence-electron chi connectivity index (χ4n) is 5.88. The highest BCUT2D eigenvalue weighted by atomic mass is 16.6. The standard InChI is InChI=1S/C36H66N2O2/c1-3-5-7-9-11-13-15-17-19-21-23-25-29-33-37(35-31-27-28-32-36(35)38(39)40)34-30-26-24-22-20-18-16-14-12-10-8-6-4-2/h27-28,31-32H,3-26,29-30,33-34H2,1-2H3. The summed E-state index contributed by atoms with van der Waals surface area (Å²) in [5, 5.41) is 11.7. The number of para-hydroxylation sites is 2. The molecule has 0 spiro atoms. The van der Waals surface area contributed by atoms with Crippen LogP contribution in [0, 0.1) is 10.1 Å². The number of nitro benzene ring substituents is 1. The second kappa shape index (κ2) is 27.6. The van der Waals surface area contributed by atoms with Crippen LogP contribution in [-0.4, -0.2) is 18.0 Å². The fraction of sp³-hybridized carbons (Fsp3) is 0.833. The molecule has 1 rings (SSSR count). The van der Waals surface area contributed by atoms with E-state index in [2.05, 4.69) is 18.7 Å². The van der Waals surface area contributed by atoms with Gasteiger partial charge in [-0.25, -0.2) is 0 Å². The number of anilines is 1. The van der Waals surface area contributed by atoms with E-state index < -0.39 is 0 Å². The normalized spacial score (nSPS) is 11.2. The Bertz CT molecular complexity index is 663. The first-order valence-electron chi connectivity index (χ1n) is 17.7. The highest BCUT2D eigenvalue weighted by molar-refractivity contribution is 5.63. The van der Waals surface area contributed by atoms with Crippen molar-refractivity contribution in [1.82, 2.24) is 0 Å². The molecule has 0 aliphatic heterocycles. The molecule has 0 fully saturated rings. The van der Waals surface area contributed by atoms with Crippen LogP contribution in [0.3, 0.4) is 0 Å². The van der Waals surface area contributed by atoms with Crippen molar-refractivity contribution in [2.24, 2.45) is 0 Å². The van der Waals surface area contributed by atoms with Crippen LogP contribution in [0.25, 0.3) is 0 Å². The van der Waals surface area contributed by atoms with Crippen LogP contribution in [0.5, 0.6) is 0 Å². The van der Waals surface area contributed by atoms with Crippen LogP contribution in [0.4, 0.5) is 11.4 Å². The van der Waals surface area contributed by atoms with Gasteiger partial charge in [0.25, 0.3) is 5.69 Å². The molecule has 0 radical (unpaired) electrons. The molecular weight excluding hydrogens is 492 g/mol. The van der Waals surface area contributed by atoms with Crippen LogP contribution < -0.4 is 4.90 Å². The fourth-order valence-corrected chi connectivity index (χ4v) is 5.88. The number of rotatable bonds is 30. The third-order valence-electron chi connectivity index (χ3n) is 8.48. The van der Waals surface area contributed by atoms with Crippen molar-refractivity contribution in [3.05, 3.63) is 34.4 Å². The van der Waals surface area contributed by atoms with Crippen molar-refractivity contribution in [3.63, 3.8) is 0 Å². The summed E-state index contributed by atoms with van der Waals surface area (Å²) in [5.74, 6) is 0. The lowest BCUT2D eigenvalue weighted by Gasteiger charge is -2.24. The molecular formula is C36H66N2O2. The van der Waals surface area contributed by atoms with Gasteiger partial charge < -0.3 is 4.90 Å². The Hall–Kier alpha value is -1.58. The quantitative estimate of drug-likeness (QED) is 0.0536. The summed E-state index contributed by atoms with van der Waals surface area (Å²) < 4.78 is 0. The first-order valence-corrected chi connectivity index (χ1v) is 17.7. The summed E-state index contributed by atoms with van der Waals surface area (Å²) in [5.41, 5.74) is 1.07. The molecule has 0 N–H and O–H groups in total. The first-order chi connectivity index (χ1) is 19.7. The maximum atomic E-state index is 11.7. The van der Waals surface area contributed by atoms with Gasteiger partial charge in [0.05, 0.1) is 4.92 Å². The summed E-state index contributed by atoms with van der Waals surface area (Å²) in [6.45, 7) is 6.43. The van der Waals surface area contributed by atoms with Crippen molar-refractivity contribution in [1.29, 1.82) is 0 Å². The predicted octanol–water partition coefficient (Wildman–Crippen LogP) is 12.6.